The van der Waals surface area contributed by atoms with Crippen LogP contribution < -0.4 is 20.8 Å². The number of ether oxygens (including phenoxy) is 1. The van der Waals surface area contributed by atoms with Gasteiger partial charge >= 0.3 is 5.97 Å². The molecule has 2 aliphatic rings. The van der Waals surface area contributed by atoms with E-state index in [9.17, 15) is 39.6 Å². The first-order valence-electron chi connectivity index (χ1n) is 22.7. The number of imidazole rings is 1. The van der Waals surface area contributed by atoms with Crippen LogP contribution in [-0.4, -0.2) is 72.3 Å². The number of nitrogens with zero attached hydrogens (tertiary/aromatic N) is 3. The number of carbonyl (C=O) groups is 3. The first kappa shape index (κ1) is 46.1. The van der Waals surface area contributed by atoms with E-state index in [1.165, 1.54) is 36.4 Å². The van der Waals surface area contributed by atoms with Crippen molar-refractivity contribution in [1.82, 2.24) is 25.0 Å². The Morgan fingerprint density at radius 3 is 2.21 bits per heavy atom. The zero-order chi connectivity index (χ0) is 48.7. The number of unbranched alkanes of at least 4 members (excludes halogenated alkanes) is 2. The highest BCUT2D eigenvalue weighted by Gasteiger charge is 2.24. The molecule has 6 N–H and O–H groups in total. The van der Waals surface area contributed by atoms with Gasteiger partial charge in [-0.3, -0.25) is 18.8 Å². The summed E-state index contributed by atoms with van der Waals surface area (Å²) in [6.45, 7) is 0.895. The van der Waals surface area contributed by atoms with Gasteiger partial charge in [-0.1, -0.05) is 55.0 Å². The Morgan fingerprint density at radius 1 is 0.686 bits per heavy atom. The molecule has 0 radical (unpaired) electrons. The lowest BCUT2D eigenvalue weighted by Gasteiger charge is -2.17. The molecule has 15 nitrogen and oxygen atoms in total. The number of carboxylic acid groups (broad SMARTS) is 1. The molecular formula is C55H47N5O10. The number of rotatable bonds is 18. The zero-order valence-corrected chi connectivity index (χ0v) is 37.7. The molecule has 352 valence electrons. The van der Waals surface area contributed by atoms with Gasteiger partial charge in [0.1, 0.15) is 40.9 Å². The van der Waals surface area contributed by atoms with Gasteiger partial charge in [-0.2, -0.15) is 0 Å². The standard InChI is InChI=1S/C55H47N5O10/c61-37-15-12-35(13-16-37)47-32-60-52(45(58-47)27-33-7-3-1-4-8-33)59-46(54(60)66)28-34-10-19-40(20-11-34)69-26-25-56-50(64)9-5-2-6-24-57-53(65)36-14-21-41(44(29-36)55(67)68)51-42-22-17-38(62)30-48(42)70-49-31-39(63)18-23-43(49)51/h1,3-4,7-8,10-23,29-32,61-62,66H,2,5-6,9,24-28H2,(H,56,64)(H,57,65)(H,67,68). The van der Waals surface area contributed by atoms with E-state index in [0.717, 1.165) is 16.7 Å². The average molecular weight is 938 g/mol. The van der Waals surface area contributed by atoms with Crippen LogP contribution in [0.25, 0.3) is 50.3 Å². The van der Waals surface area contributed by atoms with Gasteiger partial charge in [0.15, 0.2) is 11.1 Å². The van der Waals surface area contributed by atoms with Gasteiger partial charge in [0, 0.05) is 71.8 Å². The van der Waals surface area contributed by atoms with Gasteiger partial charge in [-0.25, -0.2) is 14.8 Å². The topological polar surface area (TPSA) is 226 Å². The lowest BCUT2D eigenvalue weighted by molar-refractivity contribution is -0.121. The first-order valence-corrected chi connectivity index (χ1v) is 22.7. The third-order valence-corrected chi connectivity index (χ3v) is 11.9. The number of aromatic hydroxyl groups is 3. The van der Waals surface area contributed by atoms with Crippen LogP contribution in [0.1, 0.15) is 68.9 Å². The number of nitrogens with one attached hydrogen (secondary N) is 2. The number of fused-ring (bicyclic) bond motifs is 3. The summed E-state index contributed by atoms with van der Waals surface area (Å²) in [4.78, 5) is 60.1. The number of aromatic carboxylic acids is 1. The summed E-state index contributed by atoms with van der Waals surface area (Å²) in [5.74, 6) is -0.864. The fourth-order valence-corrected chi connectivity index (χ4v) is 8.41. The summed E-state index contributed by atoms with van der Waals surface area (Å²) in [5.41, 5.74) is 6.43. The Bertz CT molecular complexity index is 3400. The van der Waals surface area contributed by atoms with Crippen LogP contribution in [0.3, 0.4) is 0 Å². The molecule has 70 heavy (non-hydrogen) atoms. The molecule has 3 heterocycles. The Hall–Kier alpha value is -8.98. The second-order valence-corrected chi connectivity index (χ2v) is 16.8. The molecule has 9 rings (SSSR count). The van der Waals surface area contributed by atoms with Crippen molar-refractivity contribution in [2.75, 3.05) is 19.7 Å². The molecule has 0 saturated heterocycles. The molecular weight excluding hydrogens is 891 g/mol. The third-order valence-electron chi connectivity index (χ3n) is 11.9. The minimum absolute atomic E-state index is 0.0164. The molecule has 0 unspecified atom stereocenters. The van der Waals surface area contributed by atoms with Gasteiger partial charge in [0.25, 0.3) is 5.91 Å². The van der Waals surface area contributed by atoms with Crippen LogP contribution in [0.2, 0.25) is 0 Å². The maximum absolute atomic E-state index is 13.1. The summed E-state index contributed by atoms with van der Waals surface area (Å²) < 4.78 is 13.4. The maximum atomic E-state index is 13.1. The van der Waals surface area contributed by atoms with Crippen molar-refractivity contribution < 1.29 is 44.0 Å². The van der Waals surface area contributed by atoms with Gasteiger partial charge in [0.05, 0.1) is 23.5 Å². The summed E-state index contributed by atoms with van der Waals surface area (Å²) in [5, 5.41) is 47.8. The maximum Gasteiger partial charge on any atom is 0.336 e. The highest BCUT2D eigenvalue weighted by atomic mass is 16.5. The summed E-state index contributed by atoms with van der Waals surface area (Å²) in [7, 11) is 0. The van der Waals surface area contributed by atoms with E-state index in [1.807, 2.05) is 54.6 Å². The molecule has 0 fully saturated rings. The monoisotopic (exact) mass is 937 g/mol. The van der Waals surface area contributed by atoms with Crippen molar-refractivity contribution in [3.8, 4) is 56.8 Å². The van der Waals surface area contributed by atoms with E-state index in [2.05, 4.69) is 10.6 Å². The number of hydrogen-bond acceptors (Lipinski definition) is 11. The molecule has 7 aromatic rings. The lowest BCUT2D eigenvalue weighted by atomic mass is 9.90. The lowest BCUT2D eigenvalue weighted by Crippen LogP contribution is -2.28. The summed E-state index contributed by atoms with van der Waals surface area (Å²) in [6.07, 6.45) is 4.80. The van der Waals surface area contributed by atoms with Crippen molar-refractivity contribution in [3.63, 3.8) is 0 Å². The number of carboxylic acids is 1. The highest BCUT2D eigenvalue weighted by molar-refractivity contribution is 6.09. The van der Waals surface area contributed by atoms with Crippen molar-refractivity contribution in [2.24, 2.45) is 0 Å². The number of hydrogen-bond donors (Lipinski definition) is 6. The molecule has 0 atom stereocenters. The Morgan fingerprint density at radius 2 is 1.43 bits per heavy atom. The molecule has 0 bridgehead atoms. The largest absolute Gasteiger partial charge is 0.508 e. The van der Waals surface area contributed by atoms with Crippen molar-refractivity contribution in [3.05, 3.63) is 184 Å². The van der Waals surface area contributed by atoms with E-state index in [1.54, 1.807) is 53.1 Å². The number of benzene rings is 6. The molecule has 2 aromatic heterocycles. The second kappa shape index (κ2) is 20.5. The normalized spacial score (nSPS) is 11.3. The van der Waals surface area contributed by atoms with Gasteiger partial charge in [-0.15, -0.1) is 0 Å². The van der Waals surface area contributed by atoms with Crippen LogP contribution in [0.5, 0.6) is 23.1 Å². The predicted octanol–water partition coefficient (Wildman–Crippen LogP) is 8.76. The molecule has 15 heteroatoms. The Balaban J connectivity index is 0.724. The summed E-state index contributed by atoms with van der Waals surface area (Å²) >= 11 is 0. The Kier molecular flexibility index (Phi) is 13.5. The minimum Gasteiger partial charge on any atom is -0.508 e. The minimum atomic E-state index is -1.25. The van der Waals surface area contributed by atoms with E-state index in [4.69, 9.17) is 19.1 Å². The molecule has 0 saturated carbocycles. The van der Waals surface area contributed by atoms with Gasteiger partial charge in [0.2, 0.25) is 11.8 Å². The van der Waals surface area contributed by atoms with E-state index >= 15 is 0 Å². The first-order chi connectivity index (χ1) is 34.0. The zero-order valence-electron chi connectivity index (χ0n) is 37.7. The molecule has 0 spiro atoms. The fraction of sp³-hybridized carbons (Fsp3) is 0.164. The molecule has 1 aliphatic carbocycles. The predicted molar refractivity (Wildman–Crippen MR) is 263 cm³/mol. The van der Waals surface area contributed by atoms with Crippen molar-refractivity contribution in [2.45, 2.75) is 38.5 Å². The summed E-state index contributed by atoms with van der Waals surface area (Å²) in [6, 6.07) is 37.2. The average Bonchev–Trinajstić information content (AvgIpc) is 3.67. The van der Waals surface area contributed by atoms with Crippen molar-refractivity contribution in [1.29, 1.82) is 0 Å². The van der Waals surface area contributed by atoms with Crippen molar-refractivity contribution >= 4 is 34.4 Å². The highest BCUT2D eigenvalue weighted by Crippen LogP contribution is 2.42. The number of aromatic nitrogens is 3. The van der Waals surface area contributed by atoms with E-state index in [-0.39, 0.29) is 57.8 Å². The van der Waals surface area contributed by atoms with Gasteiger partial charge < -0.3 is 40.2 Å². The van der Waals surface area contributed by atoms with E-state index in [0.29, 0.717) is 102 Å². The number of carbonyl (C=O) groups excluding carboxylic acids is 2. The SMILES string of the molecule is O=C(CCCCCNC(=O)c1ccc(-c2c3ccc(=O)cc-3oc3cc(O)ccc23)c(C(=O)O)c1)NCCOc1ccc(Cc2nc3c(Cc4ccccc4)nc(-c4ccc(O)cc4)cn3c2O)cc1. The number of phenols is 2. The molecule has 2 amide bonds. The van der Waals surface area contributed by atoms with Crippen LogP contribution in [0.4, 0.5) is 0 Å². The van der Waals surface area contributed by atoms with Crippen LogP contribution >= 0.6 is 0 Å². The van der Waals surface area contributed by atoms with E-state index < -0.39 is 11.9 Å². The quantitative estimate of drug-likeness (QED) is 0.0351. The Labute approximate surface area is 400 Å². The van der Waals surface area contributed by atoms with Crippen LogP contribution in [0, 0.1) is 0 Å². The smallest absolute Gasteiger partial charge is 0.336 e. The fourth-order valence-electron chi connectivity index (χ4n) is 8.41. The number of phenolic OH excluding ortho intramolecular Hbond substituents is 2. The van der Waals surface area contributed by atoms with Crippen LogP contribution in [-0.2, 0) is 17.6 Å². The second-order valence-electron chi connectivity index (χ2n) is 16.8. The number of amides is 2. The third kappa shape index (κ3) is 10.4. The van der Waals surface area contributed by atoms with Gasteiger partial charge in [-0.05, 0) is 102 Å². The molecule has 5 aromatic carbocycles. The van der Waals surface area contributed by atoms with Crippen LogP contribution in [0.15, 0.2) is 149 Å². The molecule has 1 aliphatic heterocycles.